The molecular formula is C24H40N2O. The van der Waals surface area contributed by atoms with Gasteiger partial charge in [0.1, 0.15) is 0 Å². The molecule has 0 aromatic heterocycles. The molecule has 3 saturated carbocycles. The van der Waals surface area contributed by atoms with E-state index in [1.807, 2.05) is 0 Å². The van der Waals surface area contributed by atoms with E-state index in [0.717, 1.165) is 24.8 Å². The van der Waals surface area contributed by atoms with Crippen molar-refractivity contribution in [2.24, 2.45) is 34.5 Å². The van der Waals surface area contributed by atoms with Gasteiger partial charge in [0.15, 0.2) is 0 Å². The smallest absolute Gasteiger partial charge is 0.0617 e. The first-order valence-electron chi connectivity index (χ1n) is 11.5. The van der Waals surface area contributed by atoms with Crippen molar-refractivity contribution < 1.29 is 5.11 Å². The molecule has 1 N–H and O–H groups in total. The normalized spacial score (nSPS) is 54.9. The highest BCUT2D eigenvalue weighted by molar-refractivity contribution is 5.27. The quantitative estimate of drug-likeness (QED) is 0.710. The van der Waals surface area contributed by atoms with Gasteiger partial charge in [-0.3, -0.25) is 0 Å². The Morgan fingerprint density at radius 1 is 1.15 bits per heavy atom. The molecule has 0 aromatic carbocycles. The molecule has 0 radical (unpaired) electrons. The van der Waals surface area contributed by atoms with Crippen molar-refractivity contribution in [1.29, 1.82) is 0 Å². The van der Waals surface area contributed by atoms with Crippen molar-refractivity contribution in [3.05, 3.63) is 11.6 Å². The number of allylic oxidation sites excluding steroid dienone is 1. The zero-order valence-electron chi connectivity index (χ0n) is 18.1. The lowest BCUT2D eigenvalue weighted by Crippen LogP contribution is -2.58. The first kappa shape index (κ1) is 18.6. The highest BCUT2D eigenvalue weighted by Gasteiger charge is 2.67. The summed E-state index contributed by atoms with van der Waals surface area (Å²) >= 11 is 0. The lowest BCUT2D eigenvalue weighted by molar-refractivity contribution is -0.125. The molecule has 5 rings (SSSR count). The molecule has 5 aliphatic rings. The molecule has 9 atom stereocenters. The minimum absolute atomic E-state index is 0.0913. The molecule has 4 unspecified atom stereocenters. The molecule has 27 heavy (non-hydrogen) atoms. The van der Waals surface area contributed by atoms with E-state index in [9.17, 15) is 5.11 Å². The molecule has 4 fully saturated rings. The van der Waals surface area contributed by atoms with Crippen LogP contribution in [-0.2, 0) is 0 Å². The minimum Gasteiger partial charge on any atom is -0.392 e. The Morgan fingerprint density at radius 2 is 1.89 bits per heavy atom. The maximum absolute atomic E-state index is 11.6. The summed E-state index contributed by atoms with van der Waals surface area (Å²) in [6.45, 7) is 6.09. The van der Waals surface area contributed by atoms with Crippen LogP contribution in [0.4, 0.5) is 0 Å². The first-order valence-corrected chi connectivity index (χ1v) is 11.5. The Labute approximate surface area is 166 Å². The maximum Gasteiger partial charge on any atom is 0.0617 e. The predicted octanol–water partition coefficient (Wildman–Crippen LogP) is 3.78. The van der Waals surface area contributed by atoms with E-state index in [2.05, 4.69) is 50.9 Å². The number of fused-ring (bicyclic) bond motifs is 4. The fourth-order valence-corrected chi connectivity index (χ4v) is 8.84. The van der Waals surface area contributed by atoms with Crippen molar-refractivity contribution >= 4 is 0 Å². The molecule has 152 valence electrons. The number of nitrogens with zero attached hydrogens (tertiary/aromatic N) is 2. The Balaban J connectivity index is 1.49. The number of aliphatic hydroxyl groups excluding tert-OH is 1. The molecule has 4 aliphatic carbocycles. The number of aliphatic hydroxyl groups is 1. The van der Waals surface area contributed by atoms with E-state index < -0.39 is 0 Å². The average molecular weight is 373 g/mol. The lowest BCUT2D eigenvalue weighted by Gasteiger charge is -2.60. The van der Waals surface area contributed by atoms with Crippen LogP contribution in [0.1, 0.15) is 58.8 Å². The van der Waals surface area contributed by atoms with Crippen LogP contribution in [-0.4, -0.2) is 60.8 Å². The highest BCUT2D eigenvalue weighted by atomic mass is 16.3. The van der Waals surface area contributed by atoms with Gasteiger partial charge < -0.3 is 14.9 Å². The summed E-state index contributed by atoms with van der Waals surface area (Å²) in [6, 6.07) is 1.35. The van der Waals surface area contributed by atoms with Crippen molar-refractivity contribution in [3.8, 4) is 0 Å². The van der Waals surface area contributed by atoms with E-state index in [-0.39, 0.29) is 11.5 Å². The molecule has 0 amide bonds. The average Bonchev–Trinajstić information content (AvgIpc) is 3.12. The summed E-state index contributed by atoms with van der Waals surface area (Å²) in [5.74, 6) is 2.96. The third-order valence-electron chi connectivity index (χ3n) is 10.5. The Hall–Kier alpha value is -0.380. The monoisotopic (exact) mass is 372 g/mol. The zero-order chi connectivity index (χ0) is 19.1. The summed E-state index contributed by atoms with van der Waals surface area (Å²) in [5, 5.41) is 11.6. The Bertz CT molecular complexity index is 644. The third-order valence-corrected chi connectivity index (χ3v) is 10.5. The predicted molar refractivity (Wildman–Crippen MR) is 110 cm³/mol. The number of likely N-dealkylation sites (tertiary alicyclic amines) is 1. The zero-order valence-corrected chi connectivity index (χ0v) is 18.1. The lowest BCUT2D eigenvalue weighted by atomic mass is 9.46. The largest absolute Gasteiger partial charge is 0.392 e. The molecule has 1 aliphatic heterocycles. The molecule has 0 bridgehead atoms. The summed E-state index contributed by atoms with van der Waals surface area (Å²) in [4.78, 5) is 4.98. The van der Waals surface area contributed by atoms with Crippen LogP contribution >= 0.6 is 0 Å². The summed E-state index contributed by atoms with van der Waals surface area (Å²) < 4.78 is 0. The minimum atomic E-state index is -0.0913. The second kappa shape index (κ2) is 6.06. The molecule has 0 aromatic rings. The van der Waals surface area contributed by atoms with Crippen molar-refractivity contribution in [3.63, 3.8) is 0 Å². The van der Waals surface area contributed by atoms with Gasteiger partial charge in [0.05, 0.1) is 6.10 Å². The van der Waals surface area contributed by atoms with Crippen LogP contribution in [0.5, 0.6) is 0 Å². The molecule has 1 spiro atoms. The summed E-state index contributed by atoms with van der Waals surface area (Å²) in [6.07, 6.45) is 11.5. The number of rotatable bonds is 1. The van der Waals surface area contributed by atoms with E-state index in [1.54, 1.807) is 5.57 Å². The number of hydrogen-bond acceptors (Lipinski definition) is 3. The summed E-state index contributed by atoms with van der Waals surface area (Å²) in [5.41, 5.74) is 2.26. The van der Waals surface area contributed by atoms with Crippen LogP contribution in [0, 0.1) is 34.5 Å². The van der Waals surface area contributed by atoms with Gasteiger partial charge in [-0.05, 0) is 102 Å². The SMILES string of the molecule is CC1[C@H]2CCC3C4CC=C5C[C@@H](N(C)C)CC[C@]5(C)C4C[C@@H](O)[C@@]32CN1C. The summed E-state index contributed by atoms with van der Waals surface area (Å²) in [7, 11) is 6.77. The van der Waals surface area contributed by atoms with E-state index >= 15 is 0 Å². The second-order valence-electron chi connectivity index (χ2n) is 11.3. The van der Waals surface area contributed by atoms with E-state index in [1.165, 1.54) is 38.5 Å². The molecule has 3 nitrogen and oxygen atoms in total. The van der Waals surface area contributed by atoms with Crippen LogP contribution in [0.25, 0.3) is 0 Å². The van der Waals surface area contributed by atoms with Crippen LogP contribution in [0.15, 0.2) is 11.6 Å². The molecule has 1 heterocycles. The maximum atomic E-state index is 11.6. The molecular weight excluding hydrogens is 332 g/mol. The van der Waals surface area contributed by atoms with Crippen molar-refractivity contribution in [2.45, 2.75) is 77.0 Å². The van der Waals surface area contributed by atoms with Gasteiger partial charge >= 0.3 is 0 Å². The fourth-order valence-electron chi connectivity index (χ4n) is 8.84. The van der Waals surface area contributed by atoms with Crippen LogP contribution in [0.3, 0.4) is 0 Å². The van der Waals surface area contributed by atoms with Gasteiger partial charge in [0.25, 0.3) is 0 Å². The van der Waals surface area contributed by atoms with Gasteiger partial charge in [-0.15, -0.1) is 0 Å². The van der Waals surface area contributed by atoms with Crippen molar-refractivity contribution in [1.82, 2.24) is 9.80 Å². The van der Waals surface area contributed by atoms with Crippen LogP contribution in [0.2, 0.25) is 0 Å². The first-order chi connectivity index (χ1) is 12.8. The third kappa shape index (κ3) is 2.31. The highest BCUT2D eigenvalue weighted by Crippen LogP contribution is 2.68. The molecule has 1 saturated heterocycles. The number of hydrogen-bond donors (Lipinski definition) is 1. The standard InChI is InChI=1S/C24H40N2O/c1-15-19-8-9-20-18-7-6-16-12-17(25(3)4)10-11-23(16,2)21(18)13-22(27)24(19,20)14-26(15)5/h6,15,17-22,27H,7-14H2,1-5H3/t15?,17-,18?,19+,20?,21?,22+,23-,24+/m0/s1. The van der Waals surface area contributed by atoms with Gasteiger partial charge in [0.2, 0.25) is 0 Å². The van der Waals surface area contributed by atoms with Crippen molar-refractivity contribution in [2.75, 3.05) is 27.7 Å². The van der Waals surface area contributed by atoms with E-state index in [0.29, 0.717) is 29.3 Å². The Kier molecular flexibility index (Phi) is 4.18. The Morgan fingerprint density at radius 3 is 2.63 bits per heavy atom. The van der Waals surface area contributed by atoms with Gasteiger partial charge in [-0.1, -0.05) is 18.6 Å². The van der Waals surface area contributed by atoms with Gasteiger partial charge in [0, 0.05) is 24.0 Å². The van der Waals surface area contributed by atoms with Gasteiger partial charge in [-0.2, -0.15) is 0 Å². The van der Waals surface area contributed by atoms with Gasteiger partial charge in [-0.25, -0.2) is 0 Å². The second-order valence-corrected chi connectivity index (χ2v) is 11.3. The topological polar surface area (TPSA) is 26.7 Å². The molecule has 3 heteroatoms. The van der Waals surface area contributed by atoms with Crippen LogP contribution < -0.4 is 0 Å². The fraction of sp³-hybridized carbons (Fsp3) is 0.917. The van der Waals surface area contributed by atoms with E-state index in [4.69, 9.17) is 0 Å².